The van der Waals surface area contributed by atoms with E-state index in [1.807, 2.05) is 50.7 Å². The quantitative estimate of drug-likeness (QED) is 0.275. The minimum Gasteiger partial charge on any atom is -0.377 e. The fraction of sp³-hybridized carbons (Fsp3) is 0.400. The Morgan fingerprint density at radius 3 is 2.48 bits per heavy atom. The summed E-state index contributed by atoms with van der Waals surface area (Å²) < 4.78 is 27.1. The Labute approximate surface area is 260 Å². The van der Waals surface area contributed by atoms with Gasteiger partial charge in [0.1, 0.15) is 5.15 Å². The van der Waals surface area contributed by atoms with Gasteiger partial charge in [-0.1, -0.05) is 17.7 Å². The highest BCUT2D eigenvalue weighted by molar-refractivity contribution is 7.89. The summed E-state index contributed by atoms with van der Waals surface area (Å²) in [6.45, 7) is 9.68. The van der Waals surface area contributed by atoms with Gasteiger partial charge in [-0.3, -0.25) is 24.1 Å². The smallest absolute Gasteiger partial charge is 0.285 e. The number of pyridine rings is 1. The van der Waals surface area contributed by atoms with Gasteiger partial charge in [0.05, 0.1) is 40.3 Å². The second-order valence-corrected chi connectivity index (χ2v) is 13.8. The summed E-state index contributed by atoms with van der Waals surface area (Å²) in [6, 6.07) is 6.43. The molecule has 12 nitrogen and oxygen atoms in total. The van der Waals surface area contributed by atoms with E-state index >= 15 is 0 Å². The number of anilines is 2. The number of aryl methyl sites for hydroxylation is 2. The van der Waals surface area contributed by atoms with Crippen molar-refractivity contribution in [2.75, 3.05) is 29.6 Å². The molecule has 1 aromatic carbocycles. The Bertz CT molecular complexity index is 1950. The molecule has 0 spiro atoms. The lowest BCUT2D eigenvalue weighted by molar-refractivity contribution is 0.0977. The number of benzene rings is 1. The van der Waals surface area contributed by atoms with Crippen molar-refractivity contribution in [1.82, 2.24) is 29.2 Å². The number of carbonyl (C=O) groups excluding carboxylic acids is 1. The van der Waals surface area contributed by atoms with Crippen LogP contribution in [0.4, 0.5) is 11.6 Å². The van der Waals surface area contributed by atoms with E-state index in [4.69, 9.17) is 16.6 Å². The summed E-state index contributed by atoms with van der Waals surface area (Å²) >= 11 is 6.05. The van der Waals surface area contributed by atoms with Crippen LogP contribution in [0.3, 0.4) is 0 Å². The van der Waals surface area contributed by atoms with Gasteiger partial charge < -0.3 is 10.2 Å². The number of halogens is 1. The fourth-order valence-corrected chi connectivity index (χ4v) is 6.88. The third kappa shape index (κ3) is 5.61. The van der Waals surface area contributed by atoms with Gasteiger partial charge in [0.15, 0.2) is 5.69 Å². The van der Waals surface area contributed by atoms with E-state index in [-0.39, 0.29) is 22.1 Å². The van der Waals surface area contributed by atoms with Gasteiger partial charge in [0.25, 0.3) is 11.5 Å². The van der Waals surface area contributed by atoms with Gasteiger partial charge in [-0.2, -0.15) is 0 Å². The van der Waals surface area contributed by atoms with E-state index in [0.717, 1.165) is 41.9 Å². The van der Waals surface area contributed by atoms with Crippen LogP contribution in [-0.2, 0) is 16.6 Å². The minimum absolute atomic E-state index is 0.0367. The van der Waals surface area contributed by atoms with Crippen molar-refractivity contribution in [3.63, 3.8) is 0 Å². The van der Waals surface area contributed by atoms with Gasteiger partial charge in [-0.15, -0.1) is 0 Å². The maximum Gasteiger partial charge on any atom is 0.285 e. The highest BCUT2D eigenvalue weighted by Crippen LogP contribution is 2.58. The van der Waals surface area contributed by atoms with Crippen LogP contribution in [0.1, 0.15) is 58.8 Å². The minimum atomic E-state index is -3.83. The molecular formula is C30H33ClN8O4S. The Hall–Kier alpha value is -4.10. The molecule has 2 aliphatic rings. The number of nitrogens with zero attached hydrogens (tertiary/aromatic N) is 6. The molecule has 1 saturated heterocycles. The monoisotopic (exact) mass is 636 g/mol. The molecule has 2 fully saturated rings. The van der Waals surface area contributed by atoms with E-state index in [0.29, 0.717) is 41.1 Å². The van der Waals surface area contributed by atoms with Crippen LogP contribution in [0.25, 0.3) is 10.9 Å². The number of amides is 1. The zero-order valence-electron chi connectivity index (χ0n) is 25.0. The molecule has 4 aromatic rings. The first-order valence-electron chi connectivity index (χ1n) is 14.4. The van der Waals surface area contributed by atoms with Gasteiger partial charge in [-0.25, -0.2) is 23.1 Å². The number of piperidine rings is 1. The molecule has 14 heteroatoms. The standard InChI is InChI=1S/C30H33ClN8O4S/c1-6-39-29(41)19-10-15(2)9-18(17(4)34-22-7-8-24(31)35-27(22)28(40)37-44(5,42)43)26(19)36-30(39)38-13-20-21(14-38)25(20)23-12-32-16(3)11-33-23/h7-12,17,20-21,25,34H,6,13-14H2,1-5H3,(H,37,40)/t17-,20-,21+,25?/m1/s1. The Morgan fingerprint density at radius 1 is 1.11 bits per heavy atom. The van der Waals surface area contributed by atoms with Crippen LogP contribution in [0.5, 0.6) is 0 Å². The largest absolute Gasteiger partial charge is 0.377 e. The van der Waals surface area contributed by atoms with Gasteiger partial charge >= 0.3 is 0 Å². The van der Waals surface area contributed by atoms with Crippen LogP contribution in [-0.4, -0.2) is 58.2 Å². The van der Waals surface area contributed by atoms with Crippen molar-refractivity contribution in [2.24, 2.45) is 11.8 Å². The van der Waals surface area contributed by atoms with E-state index < -0.39 is 22.0 Å². The Balaban J connectivity index is 1.34. The number of hydrogen-bond acceptors (Lipinski definition) is 10. The molecule has 1 aliphatic heterocycles. The predicted octanol–water partition coefficient (Wildman–Crippen LogP) is 3.58. The Kier molecular flexibility index (Phi) is 7.57. The lowest BCUT2D eigenvalue weighted by Gasteiger charge is -2.26. The first-order valence-corrected chi connectivity index (χ1v) is 16.6. The van der Waals surface area contributed by atoms with Crippen molar-refractivity contribution in [3.8, 4) is 0 Å². The number of fused-ring (bicyclic) bond motifs is 2. The van der Waals surface area contributed by atoms with Crippen molar-refractivity contribution in [1.29, 1.82) is 0 Å². The van der Waals surface area contributed by atoms with Crippen LogP contribution in [0.2, 0.25) is 5.15 Å². The van der Waals surface area contributed by atoms with Crippen molar-refractivity contribution < 1.29 is 13.2 Å². The van der Waals surface area contributed by atoms with Crippen molar-refractivity contribution in [3.05, 3.63) is 80.4 Å². The number of hydrogen-bond donors (Lipinski definition) is 2. The molecule has 4 atom stereocenters. The Morgan fingerprint density at radius 2 is 1.84 bits per heavy atom. The zero-order valence-corrected chi connectivity index (χ0v) is 26.6. The van der Waals surface area contributed by atoms with E-state index in [9.17, 15) is 18.0 Å². The molecular weight excluding hydrogens is 604 g/mol. The first kappa shape index (κ1) is 29.9. The summed E-state index contributed by atoms with van der Waals surface area (Å²) in [5.41, 5.74) is 4.10. The molecule has 2 N–H and O–H groups in total. The van der Waals surface area contributed by atoms with E-state index in [2.05, 4.69) is 25.2 Å². The molecule has 1 amide bonds. The summed E-state index contributed by atoms with van der Waals surface area (Å²) in [4.78, 5) is 47.0. The average Bonchev–Trinajstić information content (AvgIpc) is 3.45. The van der Waals surface area contributed by atoms with E-state index in [1.165, 1.54) is 6.07 Å². The van der Waals surface area contributed by atoms with Crippen molar-refractivity contribution in [2.45, 2.75) is 46.2 Å². The number of rotatable bonds is 8. The molecule has 1 unspecified atom stereocenters. The molecule has 3 aromatic heterocycles. The number of aromatic nitrogens is 5. The van der Waals surface area contributed by atoms with Gasteiger partial charge in [0, 0.05) is 43.5 Å². The number of carbonyl (C=O) groups is 1. The molecule has 4 heterocycles. The van der Waals surface area contributed by atoms with E-state index in [1.54, 1.807) is 16.8 Å². The second-order valence-electron chi connectivity index (χ2n) is 11.7. The third-order valence-electron chi connectivity index (χ3n) is 8.34. The number of sulfonamides is 1. The van der Waals surface area contributed by atoms with Crippen molar-refractivity contribution >= 4 is 50.1 Å². The molecule has 1 aliphatic carbocycles. The maximum atomic E-state index is 13.9. The topological polar surface area (TPSA) is 152 Å². The van der Waals surface area contributed by atoms with Gasteiger partial charge in [0.2, 0.25) is 16.0 Å². The first-order chi connectivity index (χ1) is 20.8. The summed E-state index contributed by atoms with van der Waals surface area (Å²) in [5.74, 6) is 0.942. The molecule has 230 valence electrons. The van der Waals surface area contributed by atoms with Crippen LogP contribution < -0.4 is 20.5 Å². The fourth-order valence-electron chi connectivity index (χ4n) is 6.30. The van der Waals surface area contributed by atoms with Gasteiger partial charge in [-0.05, 0) is 63.3 Å². The molecule has 44 heavy (non-hydrogen) atoms. The van der Waals surface area contributed by atoms with Crippen LogP contribution in [0.15, 0.2) is 41.5 Å². The summed E-state index contributed by atoms with van der Waals surface area (Å²) in [6.07, 6.45) is 4.56. The molecule has 0 bridgehead atoms. The highest BCUT2D eigenvalue weighted by Gasteiger charge is 2.57. The third-order valence-corrected chi connectivity index (χ3v) is 9.11. The average molecular weight is 637 g/mol. The SMILES string of the molecule is CCn1c(N2C[C@@H]3C(c4cnc(C)cn4)[C@@H]3C2)nc2c([C@@H](C)Nc3ccc(Cl)nc3C(=O)NS(C)(=O)=O)cc(C)cc2c1=O. The zero-order chi connectivity index (χ0) is 31.5. The van der Waals surface area contributed by atoms with Crippen LogP contribution in [0, 0.1) is 25.7 Å². The summed E-state index contributed by atoms with van der Waals surface area (Å²) in [7, 11) is -3.83. The lowest BCUT2D eigenvalue weighted by atomic mass is 10.0. The predicted molar refractivity (Wildman–Crippen MR) is 169 cm³/mol. The maximum absolute atomic E-state index is 13.9. The number of nitrogens with one attached hydrogen (secondary N) is 2. The summed E-state index contributed by atoms with van der Waals surface area (Å²) in [5, 5.41) is 3.80. The lowest BCUT2D eigenvalue weighted by Crippen LogP contribution is -2.33. The second kappa shape index (κ2) is 11.1. The molecule has 0 radical (unpaired) electrons. The normalized spacial score (nSPS) is 20.0. The van der Waals surface area contributed by atoms with Crippen LogP contribution >= 0.6 is 11.6 Å². The highest BCUT2D eigenvalue weighted by atomic mass is 35.5. The molecule has 1 saturated carbocycles. The molecule has 6 rings (SSSR count).